The first-order valence-electron chi connectivity index (χ1n) is 10.1. The normalized spacial score (nSPS) is 16.3. The Morgan fingerprint density at radius 3 is 2.67 bits per heavy atom. The van der Waals surface area contributed by atoms with Crippen LogP contribution in [0.2, 0.25) is 0 Å². The first-order chi connectivity index (χ1) is 14.1. The van der Waals surface area contributed by atoms with E-state index < -0.39 is 17.7 Å². The number of aromatic amines is 1. The highest BCUT2D eigenvalue weighted by Gasteiger charge is 2.29. The van der Waals surface area contributed by atoms with Crippen molar-refractivity contribution >= 4 is 23.3 Å². The number of carbonyl (C=O) groups excluding carboxylic acids is 2. The van der Waals surface area contributed by atoms with Gasteiger partial charge in [0.1, 0.15) is 22.5 Å². The number of alkyl carbamates (subject to hydrolysis) is 1. The van der Waals surface area contributed by atoms with Gasteiger partial charge in [0, 0.05) is 19.5 Å². The lowest BCUT2D eigenvalue weighted by Crippen LogP contribution is -2.50. The molecule has 3 rings (SSSR count). The summed E-state index contributed by atoms with van der Waals surface area (Å²) in [6.07, 6.45) is 1.71. The van der Waals surface area contributed by atoms with Gasteiger partial charge in [-0.15, -0.1) is 11.3 Å². The molecular formula is C20H29N5O4S. The second-order valence-corrected chi connectivity index (χ2v) is 9.50. The third kappa shape index (κ3) is 5.50. The largest absolute Gasteiger partial charge is 0.444 e. The maximum atomic E-state index is 12.7. The standard InChI is InChI=1S/C20H29N5O4S/c1-13(21-19(28)29-20(2,3)4)17(26)24-9-7-14(8-10-24)12-15-22-23-18(27)25(15)16-6-5-11-30-16/h5-6,11,13-14H,7-10,12H2,1-4H3,(H,21,28)(H,23,27). The fourth-order valence-corrected chi connectivity index (χ4v) is 4.27. The van der Waals surface area contributed by atoms with Crippen molar-refractivity contribution in [1.82, 2.24) is 25.0 Å². The van der Waals surface area contributed by atoms with Crippen molar-refractivity contribution in [2.75, 3.05) is 13.1 Å². The van der Waals surface area contributed by atoms with Crippen molar-refractivity contribution in [3.8, 4) is 5.00 Å². The van der Waals surface area contributed by atoms with Gasteiger partial charge in [0.2, 0.25) is 5.91 Å². The Balaban J connectivity index is 1.52. The van der Waals surface area contributed by atoms with Crippen LogP contribution in [0, 0.1) is 5.92 Å². The number of ether oxygens (including phenoxy) is 1. The van der Waals surface area contributed by atoms with Crippen LogP contribution in [0.5, 0.6) is 0 Å². The first-order valence-corrected chi connectivity index (χ1v) is 11.0. The highest BCUT2D eigenvalue weighted by atomic mass is 32.1. The van der Waals surface area contributed by atoms with Gasteiger partial charge in [-0.05, 0) is 64.0 Å². The van der Waals surface area contributed by atoms with Crippen molar-refractivity contribution in [1.29, 1.82) is 0 Å². The molecule has 2 aromatic rings. The molecule has 0 aliphatic carbocycles. The number of hydrogen-bond donors (Lipinski definition) is 2. The third-order valence-electron chi connectivity index (χ3n) is 4.97. The maximum Gasteiger partial charge on any atom is 0.408 e. The van der Waals surface area contributed by atoms with Gasteiger partial charge in [-0.1, -0.05) is 0 Å². The van der Waals surface area contributed by atoms with Crippen LogP contribution in [0.4, 0.5) is 4.79 Å². The zero-order valence-corrected chi connectivity index (χ0v) is 18.6. The van der Waals surface area contributed by atoms with E-state index in [4.69, 9.17) is 4.74 Å². The molecule has 1 saturated heterocycles. The molecule has 0 bridgehead atoms. The zero-order chi connectivity index (χ0) is 21.9. The van der Waals surface area contributed by atoms with Gasteiger partial charge in [0.05, 0.1) is 0 Å². The minimum Gasteiger partial charge on any atom is -0.444 e. The van der Waals surface area contributed by atoms with E-state index in [1.807, 2.05) is 17.5 Å². The fourth-order valence-electron chi connectivity index (χ4n) is 3.53. The van der Waals surface area contributed by atoms with E-state index in [0.717, 1.165) is 17.8 Å². The first kappa shape index (κ1) is 22.1. The summed E-state index contributed by atoms with van der Waals surface area (Å²) in [4.78, 5) is 38.5. The quantitative estimate of drug-likeness (QED) is 0.749. The predicted molar refractivity (Wildman–Crippen MR) is 114 cm³/mol. The summed E-state index contributed by atoms with van der Waals surface area (Å²) in [6.45, 7) is 8.22. The van der Waals surface area contributed by atoms with Gasteiger partial charge < -0.3 is 15.0 Å². The molecule has 0 saturated carbocycles. The molecule has 1 unspecified atom stereocenters. The summed E-state index contributed by atoms with van der Waals surface area (Å²) in [5.41, 5.74) is -0.844. The molecule has 0 aromatic carbocycles. The van der Waals surface area contributed by atoms with Crippen LogP contribution in [-0.4, -0.2) is 56.4 Å². The van der Waals surface area contributed by atoms with E-state index in [1.165, 1.54) is 11.3 Å². The van der Waals surface area contributed by atoms with Crippen molar-refractivity contribution < 1.29 is 14.3 Å². The Bertz CT molecular complexity index is 920. The Labute approximate surface area is 179 Å². The summed E-state index contributed by atoms with van der Waals surface area (Å²) in [6, 6.07) is 3.15. The van der Waals surface area contributed by atoms with Gasteiger partial charge in [-0.3, -0.25) is 4.79 Å². The van der Waals surface area contributed by atoms with E-state index in [0.29, 0.717) is 31.3 Å². The molecule has 10 heteroatoms. The second kappa shape index (κ2) is 9.03. The van der Waals surface area contributed by atoms with E-state index in [1.54, 1.807) is 37.2 Å². The lowest BCUT2D eigenvalue weighted by atomic mass is 9.93. The zero-order valence-electron chi connectivity index (χ0n) is 17.8. The molecule has 0 spiro atoms. The number of rotatable bonds is 5. The minimum atomic E-state index is -0.647. The lowest BCUT2D eigenvalue weighted by Gasteiger charge is -2.33. The fraction of sp³-hybridized carbons (Fsp3) is 0.600. The molecule has 1 aliphatic rings. The predicted octanol–water partition coefficient (Wildman–Crippen LogP) is 2.32. The Hall–Kier alpha value is -2.62. The van der Waals surface area contributed by atoms with Crippen LogP contribution in [0.3, 0.4) is 0 Å². The van der Waals surface area contributed by atoms with Gasteiger partial charge in [0.25, 0.3) is 0 Å². The Morgan fingerprint density at radius 2 is 2.07 bits per heavy atom. The topological polar surface area (TPSA) is 109 Å². The number of thiophene rings is 1. The highest BCUT2D eigenvalue weighted by Crippen LogP contribution is 2.23. The minimum absolute atomic E-state index is 0.116. The van der Waals surface area contributed by atoms with Gasteiger partial charge in [-0.25, -0.2) is 19.3 Å². The summed E-state index contributed by atoms with van der Waals surface area (Å²) < 4.78 is 6.84. The van der Waals surface area contributed by atoms with Gasteiger partial charge >= 0.3 is 11.8 Å². The molecule has 2 aromatic heterocycles. The molecule has 9 nitrogen and oxygen atoms in total. The number of nitrogens with zero attached hydrogens (tertiary/aromatic N) is 3. The van der Waals surface area contributed by atoms with Crippen molar-refractivity contribution in [3.63, 3.8) is 0 Å². The summed E-state index contributed by atoms with van der Waals surface area (Å²) in [5, 5.41) is 12.1. The number of hydrogen-bond acceptors (Lipinski definition) is 6. The number of aromatic nitrogens is 3. The molecule has 1 fully saturated rings. The summed E-state index contributed by atoms with van der Waals surface area (Å²) in [5.74, 6) is 0.929. The van der Waals surface area contributed by atoms with Crippen LogP contribution in [0.15, 0.2) is 22.3 Å². The molecule has 1 atom stereocenters. The van der Waals surface area contributed by atoms with Crippen molar-refractivity contribution in [2.45, 2.75) is 58.6 Å². The molecule has 1 aliphatic heterocycles. The average molecular weight is 436 g/mol. The van der Waals surface area contributed by atoms with E-state index in [2.05, 4.69) is 15.5 Å². The lowest BCUT2D eigenvalue weighted by molar-refractivity contribution is -0.134. The molecule has 30 heavy (non-hydrogen) atoms. The second-order valence-electron chi connectivity index (χ2n) is 8.57. The summed E-state index contributed by atoms with van der Waals surface area (Å²) >= 11 is 1.49. The number of amides is 2. The molecular weight excluding hydrogens is 406 g/mol. The van der Waals surface area contributed by atoms with Gasteiger partial charge in [0.15, 0.2) is 0 Å². The monoisotopic (exact) mass is 435 g/mol. The number of nitrogens with one attached hydrogen (secondary N) is 2. The molecule has 2 N–H and O–H groups in total. The van der Waals surface area contributed by atoms with Crippen LogP contribution in [0.25, 0.3) is 5.00 Å². The van der Waals surface area contributed by atoms with E-state index in [-0.39, 0.29) is 11.6 Å². The molecule has 0 radical (unpaired) electrons. The van der Waals surface area contributed by atoms with E-state index >= 15 is 0 Å². The van der Waals surface area contributed by atoms with Crippen LogP contribution < -0.4 is 11.0 Å². The Kier molecular flexibility index (Phi) is 6.64. The molecule has 164 valence electrons. The molecule has 2 amide bonds. The smallest absolute Gasteiger partial charge is 0.408 e. The number of likely N-dealkylation sites (tertiary alicyclic amines) is 1. The van der Waals surface area contributed by atoms with Crippen molar-refractivity contribution in [2.24, 2.45) is 5.92 Å². The van der Waals surface area contributed by atoms with Crippen molar-refractivity contribution in [3.05, 3.63) is 33.8 Å². The highest BCUT2D eigenvalue weighted by molar-refractivity contribution is 7.12. The number of H-pyrrole nitrogens is 1. The van der Waals surface area contributed by atoms with Crippen LogP contribution >= 0.6 is 11.3 Å². The Morgan fingerprint density at radius 1 is 1.37 bits per heavy atom. The maximum absolute atomic E-state index is 12.7. The third-order valence-corrected chi connectivity index (χ3v) is 5.82. The SMILES string of the molecule is CC(NC(=O)OC(C)(C)C)C(=O)N1CCC(Cc2n[nH]c(=O)n2-c2cccs2)CC1. The summed E-state index contributed by atoms with van der Waals surface area (Å²) in [7, 11) is 0. The van der Waals surface area contributed by atoms with Crippen LogP contribution in [0.1, 0.15) is 46.4 Å². The van der Waals surface area contributed by atoms with E-state index in [9.17, 15) is 14.4 Å². The number of carbonyl (C=O) groups is 2. The van der Waals surface area contributed by atoms with Crippen LogP contribution in [-0.2, 0) is 16.0 Å². The van der Waals surface area contributed by atoms with Gasteiger partial charge in [-0.2, -0.15) is 5.10 Å². The number of piperidine rings is 1. The average Bonchev–Trinajstić information content (AvgIpc) is 3.30. The molecule has 3 heterocycles.